The molecule has 0 saturated heterocycles. The molecule has 0 unspecified atom stereocenters. The number of rotatable bonds is 15. The number of carbonyl (C=O) groups is 2. The van der Waals surface area contributed by atoms with E-state index in [4.69, 9.17) is 0 Å². The highest BCUT2D eigenvalue weighted by molar-refractivity contribution is 7.16. The molecular weight excluding hydrogens is 631 g/mol. The fourth-order valence-electron chi connectivity index (χ4n) is 6.58. The lowest BCUT2D eigenvalue weighted by atomic mass is 9.77. The molecule has 5 rings (SSSR count). The smallest absolute Gasteiger partial charge is 0.346 e. The summed E-state index contributed by atoms with van der Waals surface area (Å²) in [6.45, 7) is 13.6. The molecule has 0 bridgehead atoms. The third-order valence-corrected chi connectivity index (χ3v) is 10.6. The fraction of sp³-hybridized carbons (Fsp3) is 0.366. The predicted molar refractivity (Wildman–Crippen MR) is 200 cm³/mol. The number of aliphatic carboxylic acids is 1. The van der Waals surface area contributed by atoms with Crippen LogP contribution in [0.4, 0.5) is 11.4 Å². The van der Waals surface area contributed by atoms with Crippen molar-refractivity contribution in [2.45, 2.75) is 78.6 Å². The highest BCUT2D eigenvalue weighted by Gasteiger charge is 2.46. The van der Waals surface area contributed by atoms with E-state index in [1.165, 1.54) is 17.4 Å². The molecule has 254 valence electrons. The molecule has 1 aliphatic carbocycles. The summed E-state index contributed by atoms with van der Waals surface area (Å²) < 4.78 is 2.28. The van der Waals surface area contributed by atoms with E-state index in [1.807, 2.05) is 30.3 Å². The number of aliphatic hydroxyl groups is 1. The molecule has 7 nitrogen and oxygen atoms in total. The van der Waals surface area contributed by atoms with Crippen LogP contribution in [0.15, 0.2) is 77.6 Å². The van der Waals surface area contributed by atoms with Gasteiger partial charge in [-0.25, -0.2) is 4.79 Å². The molecule has 3 aromatic rings. The van der Waals surface area contributed by atoms with Crippen LogP contribution in [0.2, 0.25) is 0 Å². The molecule has 49 heavy (non-hydrogen) atoms. The van der Waals surface area contributed by atoms with Crippen molar-refractivity contribution in [2.75, 3.05) is 24.5 Å². The number of nitriles is 1. The van der Waals surface area contributed by atoms with Crippen molar-refractivity contribution in [1.82, 2.24) is 0 Å². The minimum Gasteiger partial charge on any atom is -0.506 e. The van der Waals surface area contributed by atoms with E-state index in [0.29, 0.717) is 16.0 Å². The minimum absolute atomic E-state index is 0.0410. The fourth-order valence-corrected chi connectivity index (χ4v) is 7.53. The van der Waals surface area contributed by atoms with E-state index in [0.717, 1.165) is 96.8 Å². The van der Waals surface area contributed by atoms with Crippen molar-refractivity contribution in [1.29, 1.82) is 5.26 Å². The van der Waals surface area contributed by atoms with Crippen LogP contribution in [-0.4, -0.2) is 51.9 Å². The summed E-state index contributed by atoms with van der Waals surface area (Å²) in [6, 6.07) is 19.9. The largest absolute Gasteiger partial charge is 0.506 e. The number of nitrogens with zero attached hydrogens (tertiary/aromatic N) is 3. The quantitative estimate of drug-likeness (QED) is 0.0944. The number of Topliss-reactive ketones (excluding diaryl/α,β-unsaturated/α-hetero) is 1. The van der Waals surface area contributed by atoms with Gasteiger partial charge in [0.15, 0.2) is 5.71 Å². The highest BCUT2D eigenvalue weighted by Crippen LogP contribution is 2.45. The first-order valence-corrected chi connectivity index (χ1v) is 18.2. The van der Waals surface area contributed by atoms with Gasteiger partial charge in [0.25, 0.3) is 0 Å². The first-order chi connectivity index (χ1) is 23.5. The van der Waals surface area contributed by atoms with Gasteiger partial charge < -0.3 is 15.1 Å². The molecule has 0 atom stereocenters. The number of allylic oxidation sites excluding steroid dienone is 3. The number of hydrogen-bond donors (Lipinski definition) is 2. The average Bonchev–Trinajstić information content (AvgIpc) is 3.65. The zero-order valence-electron chi connectivity index (χ0n) is 29.2. The Balaban J connectivity index is 1.46. The van der Waals surface area contributed by atoms with Crippen LogP contribution >= 0.6 is 11.3 Å². The molecule has 2 N–H and O–H groups in total. The second kappa shape index (κ2) is 15.2. The van der Waals surface area contributed by atoms with E-state index in [1.54, 1.807) is 6.07 Å². The Morgan fingerprint density at radius 1 is 0.959 bits per heavy atom. The molecule has 2 aliphatic rings. The third-order valence-electron chi connectivity index (χ3n) is 9.50. The summed E-state index contributed by atoms with van der Waals surface area (Å²) >= 11 is 1.43. The standard InChI is InChI=1S/C41H45N3O4S/c1-6-9-20-43(21-10-7-2)30-15-12-27(13-16-30)37-38(45)32(39(37)46)25-36-41(4,5)33-24-28(14-18-34(33)44(36)22-11-8-3)35-19-17-31(49-35)23-29(26-42)40(47)48/h12-19,23-25H,6-11,20-22H2,1-5H3,(H-,45,46,47,48)/p+1/b29-23+. The van der Waals surface area contributed by atoms with E-state index in [9.17, 15) is 25.1 Å². The van der Waals surface area contributed by atoms with Gasteiger partial charge in [-0.1, -0.05) is 52.2 Å². The number of anilines is 1. The molecule has 2 aromatic carbocycles. The SMILES string of the molecule is CCCCN(CCCC)c1ccc(C2=C(O)C(=CC3=[N+](CCCC)c4ccc(-c5ccc(/C=C(\C#N)C(=O)O)s5)cc4C3(C)C)C2=O)cc1. The van der Waals surface area contributed by atoms with Gasteiger partial charge >= 0.3 is 5.97 Å². The van der Waals surface area contributed by atoms with Gasteiger partial charge in [-0.15, -0.1) is 11.3 Å². The summed E-state index contributed by atoms with van der Waals surface area (Å²) in [4.78, 5) is 29.1. The summed E-state index contributed by atoms with van der Waals surface area (Å²) in [7, 11) is 0. The van der Waals surface area contributed by atoms with Gasteiger partial charge in [0.2, 0.25) is 11.5 Å². The van der Waals surface area contributed by atoms with Gasteiger partial charge in [-0.05, 0) is 80.3 Å². The first kappa shape index (κ1) is 35.6. The molecule has 0 radical (unpaired) electrons. The van der Waals surface area contributed by atoms with Gasteiger partial charge in [0.05, 0.1) is 16.6 Å². The molecular formula is C41H46N3O4S+. The molecule has 0 amide bonds. The number of hydrogen-bond acceptors (Lipinski definition) is 6. The highest BCUT2D eigenvalue weighted by atomic mass is 32.1. The van der Waals surface area contributed by atoms with E-state index < -0.39 is 11.4 Å². The lowest BCUT2D eigenvalue weighted by Crippen LogP contribution is -2.31. The summed E-state index contributed by atoms with van der Waals surface area (Å²) in [5, 5.41) is 29.7. The van der Waals surface area contributed by atoms with Gasteiger partial charge in [-0.2, -0.15) is 9.84 Å². The van der Waals surface area contributed by atoms with E-state index in [-0.39, 0.29) is 17.1 Å². The maximum Gasteiger partial charge on any atom is 0.346 e. The zero-order valence-corrected chi connectivity index (χ0v) is 30.0. The van der Waals surface area contributed by atoms with Gasteiger partial charge in [0.1, 0.15) is 23.9 Å². The van der Waals surface area contributed by atoms with Crippen LogP contribution in [0.25, 0.3) is 22.1 Å². The normalized spacial score (nSPS) is 16.2. The second-order valence-corrected chi connectivity index (χ2v) is 14.4. The topological polar surface area (TPSA) is 105 Å². The van der Waals surface area contributed by atoms with Crippen molar-refractivity contribution in [2.24, 2.45) is 0 Å². The number of benzene rings is 2. The minimum atomic E-state index is -1.25. The van der Waals surface area contributed by atoms with Crippen LogP contribution < -0.4 is 4.90 Å². The lowest BCUT2D eigenvalue weighted by molar-refractivity contribution is -0.438. The Morgan fingerprint density at radius 2 is 1.61 bits per heavy atom. The van der Waals surface area contributed by atoms with E-state index >= 15 is 0 Å². The average molecular weight is 677 g/mol. The van der Waals surface area contributed by atoms with Crippen molar-refractivity contribution >= 4 is 51.8 Å². The van der Waals surface area contributed by atoms with Gasteiger partial charge in [0, 0.05) is 52.7 Å². The summed E-state index contributed by atoms with van der Waals surface area (Å²) in [5.74, 6) is -1.35. The molecule has 0 spiro atoms. The van der Waals surface area contributed by atoms with Crippen LogP contribution in [-0.2, 0) is 15.0 Å². The maximum atomic E-state index is 13.7. The maximum absolute atomic E-state index is 13.7. The van der Waals surface area contributed by atoms with Gasteiger partial charge in [-0.3, -0.25) is 4.79 Å². The van der Waals surface area contributed by atoms with Crippen molar-refractivity contribution in [3.05, 3.63) is 93.6 Å². The summed E-state index contributed by atoms with van der Waals surface area (Å²) in [5.41, 5.74) is 5.97. The van der Waals surface area contributed by atoms with Crippen LogP contribution in [0.5, 0.6) is 0 Å². The molecule has 0 fully saturated rings. The first-order valence-electron chi connectivity index (χ1n) is 17.4. The number of ketones is 1. The van der Waals surface area contributed by atoms with Crippen LogP contribution in [0.3, 0.4) is 0 Å². The Kier molecular flexibility index (Phi) is 11.0. The molecule has 0 saturated carbocycles. The zero-order chi connectivity index (χ0) is 35.3. The molecule has 1 aliphatic heterocycles. The number of unbranched alkanes of at least 4 members (excludes halogenated alkanes) is 3. The molecule has 8 heteroatoms. The molecule has 1 aromatic heterocycles. The number of carboxylic acid groups (broad SMARTS) is 1. The molecule has 2 heterocycles. The Bertz CT molecular complexity index is 1910. The summed E-state index contributed by atoms with van der Waals surface area (Å²) in [6.07, 6.45) is 9.79. The van der Waals surface area contributed by atoms with E-state index in [2.05, 4.69) is 74.4 Å². The van der Waals surface area contributed by atoms with Crippen LogP contribution in [0.1, 0.15) is 89.1 Å². The number of aliphatic hydroxyl groups excluding tert-OH is 1. The number of fused-ring (bicyclic) bond motifs is 1. The monoisotopic (exact) mass is 676 g/mol. The van der Waals surface area contributed by atoms with Crippen molar-refractivity contribution in [3.63, 3.8) is 0 Å². The number of carboxylic acids is 1. The van der Waals surface area contributed by atoms with Crippen molar-refractivity contribution in [3.8, 4) is 16.5 Å². The predicted octanol–water partition coefficient (Wildman–Crippen LogP) is 9.47. The lowest BCUT2D eigenvalue weighted by Gasteiger charge is -2.26. The second-order valence-electron chi connectivity index (χ2n) is 13.3. The van der Waals surface area contributed by atoms with Crippen LogP contribution in [0, 0.1) is 11.3 Å². The Labute approximate surface area is 293 Å². The Hall–Kier alpha value is -4.74. The number of carbonyl (C=O) groups excluding carboxylic acids is 1. The number of thiophene rings is 1. The Morgan fingerprint density at radius 3 is 2.20 bits per heavy atom. The third kappa shape index (κ3) is 7.18. The van der Waals surface area contributed by atoms with Crippen molar-refractivity contribution < 1.29 is 24.4 Å².